The van der Waals surface area contributed by atoms with Crippen molar-refractivity contribution in [1.29, 1.82) is 0 Å². The third kappa shape index (κ3) is 5.52. The molecule has 3 aromatic carbocycles. The highest BCUT2D eigenvalue weighted by atomic mass is 79.9. The quantitative estimate of drug-likeness (QED) is 0.290. The van der Waals surface area contributed by atoms with Crippen LogP contribution in [-0.2, 0) is 17.9 Å². The van der Waals surface area contributed by atoms with Gasteiger partial charge in [0.05, 0.1) is 15.9 Å². The van der Waals surface area contributed by atoms with Gasteiger partial charge >= 0.3 is 0 Å². The van der Waals surface area contributed by atoms with E-state index in [2.05, 4.69) is 50.9 Å². The number of hydrogen-bond donors (Lipinski definition) is 0. The van der Waals surface area contributed by atoms with E-state index in [0.29, 0.717) is 17.3 Å². The molecule has 0 bridgehead atoms. The number of rotatable bonds is 6. The molecule has 0 aliphatic carbocycles. The molecule has 162 valence electrons. The Hall–Kier alpha value is -2.35. The van der Waals surface area contributed by atoms with E-state index in [-0.39, 0.29) is 17.7 Å². The van der Waals surface area contributed by atoms with Gasteiger partial charge in [-0.05, 0) is 81.6 Å². The SMILES string of the molecule is Cc1ccc(COc2ccc(/C=C3\SC(=O)N(Cc4ccc(Br)cc4)C3=O)cc2Br)cc1. The summed E-state index contributed by atoms with van der Waals surface area (Å²) in [6.07, 6.45) is 1.74. The van der Waals surface area contributed by atoms with Crippen LogP contribution in [0.15, 0.2) is 80.6 Å². The van der Waals surface area contributed by atoms with Crippen LogP contribution in [0.2, 0.25) is 0 Å². The smallest absolute Gasteiger partial charge is 0.293 e. The number of aryl methyl sites for hydroxylation is 1. The number of hydrogen-bond acceptors (Lipinski definition) is 4. The Morgan fingerprint density at radius 1 is 0.938 bits per heavy atom. The molecule has 0 N–H and O–H groups in total. The number of amides is 2. The largest absolute Gasteiger partial charge is 0.488 e. The highest BCUT2D eigenvalue weighted by Gasteiger charge is 2.35. The molecule has 0 unspecified atom stereocenters. The van der Waals surface area contributed by atoms with E-state index < -0.39 is 0 Å². The van der Waals surface area contributed by atoms with Crippen LogP contribution in [0.3, 0.4) is 0 Å². The number of halogens is 2. The summed E-state index contributed by atoms with van der Waals surface area (Å²) < 4.78 is 7.65. The maximum atomic E-state index is 12.8. The minimum atomic E-state index is -0.279. The lowest BCUT2D eigenvalue weighted by Crippen LogP contribution is -2.27. The van der Waals surface area contributed by atoms with E-state index in [1.165, 1.54) is 10.5 Å². The van der Waals surface area contributed by atoms with Crippen molar-refractivity contribution < 1.29 is 14.3 Å². The Kier molecular flexibility index (Phi) is 7.18. The normalized spacial score (nSPS) is 15.0. The molecule has 1 aliphatic heterocycles. The van der Waals surface area contributed by atoms with Crippen LogP contribution < -0.4 is 4.74 Å². The molecule has 32 heavy (non-hydrogen) atoms. The second kappa shape index (κ2) is 10.1. The molecule has 1 saturated heterocycles. The minimum absolute atomic E-state index is 0.255. The van der Waals surface area contributed by atoms with Crippen LogP contribution in [0.5, 0.6) is 5.75 Å². The molecule has 4 rings (SSSR count). The van der Waals surface area contributed by atoms with Crippen molar-refractivity contribution in [3.63, 3.8) is 0 Å². The second-order valence-electron chi connectivity index (χ2n) is 7.36. The number of nitrogens with zero attached hydrogens (tertiary/aromatic N) is 1. The molecule has 2 amide bonds. The molecule has 1 fully saturated rings. The first kappa shape index (κ1) is 22.8. The summed E-state index contributed by atoms with van der Waals surface area (Å²) in [6.45, 7) is 2.77. The molecule has 1 aliphatic rings. The number of carbonyl (C=O) groups excluding carboxylic acids is 2. The molecular weight excluding hydrogens is 554 g/mol. The maximum Gasteiger partial charge on any atom is 0.293 e. The maximum absolute atomic E-state index is 12.8. The predicted octanol–water partition coefficient (Wildman–Crippen LogP) is 7.34. The molecular formula is C25H19Br2NO3S. The van der Waals surface area contributed by atoms with Crippen LogP contribution in [0, 0.1) is 6.92 Å². The van der Waals surface area contributed by atoms with E-state index in [9.17, 15) is 9.59 Å². The van der Waals surface area contributed by atoms with Crippen molar-refractivity contribution in [2.75, 3.05) is 0 Å². The van der Waals surface area contributed by atoms with Gasteiger partial charge in [-0.15, -0.1) is 0 Å². The first-order valence-electron chi connectivity index (χ1n) is 9.87. The van der Waals surface area contributed by atoms with Crippen LogP contribution in [0.25, 0.3) is 6.08 Å². The Morgan fingerprint density at radius 2 is 1.62 bits per heavy atom. The summed E-state index contributed by atoms with van der Waals surface area (Å²) in [7, 11) is 0. The highest BCUT2D eigenvalue weighted by molar-refractivity contribution is 9.10. The summed E-state index contributed by atoms with van der Waals surface area (Å²) in [4.78, 5) is 26.9. The van der Waals surface area contributed by atoms with Crippen LogP contribution in [-0.4, -0.2) is 16.0 Å². The standard InChI is InChI=1S/C25H19Br2NO3S/c1-16-2-4-18(5-3-16)15-31-22-11-8-19(12-21(22)27)13-23-24(29)28(25(30)32-23)14-17-6-9-20(26)10-7-17/h2-13H,14-15H2,1H3/b23-13-. The summed E-state index contributed by atoms with van der Waals surface area (Å²) in [5.74, 6) is 0.435. The molecule has 3 aromatic rings. The zero-order valence-electron chi connectivity index (χ0n) is 17.2. The molecule has 7 heteroatoms. The average Bonchev–Trinajstić information content (AvgIpc) is 3.03. The first-order valence-corrected chi connectivity index (χ1v) is 12.3. The lowest BCUT2D eigenvalue weighted by Gasteiger charge is -2.12. The van der Waals surface area contributed by atoms with Crippen molar-refractivity contribution >= 4 is 60.8 Å². The van der Waals surface area contributed by atoms with Gasteiger partial charge in [-0.3, -0.25) is 14.5 Å². The number of carbonyl (C=O) groups is 2. The molecule has 0 spiro atoms. The summed E-state index contributed by atoms with van der Waals surface area (Å²) in [5, 5.41) is -0.263. The van der Waals surface area contributed by atoms with Gasteiger partial charge in [-0.25, -0.2) is 0 Å². The van der Waals surface area contributed by atoms with E-state index in [1.54, 1.807) is 6.08 Å². The number of thioether (sulfide) groups is 1. The van der Waals surface area contributed by atoms with Crippen molar-refractivity contribution in [1.82, 2.24) is 4.90 Å². The molecule has 4 nitrogen and oxygen atoms in total. The Morgan fingerprint density at radius 3 is 2.31 bits per heavy atom. The fraction of sp³-hybridized carbons (Fsp3) is 0.120. The third-order valence-corrected chi connectivity index (χ3v) is 6.95. The number of ether oxygens (including phenoxy) is 1. The number of imide groups is 1. The third-order valence-electron chi connectivity index (χ3n) is 4.90. The van der Waals surface area contributed by atoms with E-state index >= 15 is 0 Å². The molecule has 0 aromatic heterocycles. The lowest BCUT2D eigenvalue weighted by molar-refractivity contribution is -0.123. The Bertz CT molecular complexity index is 1190. The monoisotopic (exact) mass is 571 g/mol. The Labute approximate surface area is 207 Å². The summed E-state index contributed by atoms with van der Waals surface area (Å²) in [6, 6.07) is 21.4. The Balaban J connectivity index is 1.44. The highest BCUT2D eigenvalue weighted by Crippen LogP contribution is 2.35. The summed E-state index contributed by atoms with van der Waals surface area (Å²) in [5.41, 5.74) is 4.01. The fourth-order valence-electron chi connectivity index (χ4n) is 3.13. The fourth-order valence-corrected chi connectivity index (χ4v) is 4.74. The van der Waals surface area contributed by atoms with Gasteiger partial charge < -0.3 is 4.74 Å². The zero-order valence-corrected chi connectivity index (χ0v) is 21.2. The molecule has 0 saturated carbocycles. The second-order valence-corrected chi connectivity index (χ2v) is 10.1. The van der Waals surface area contributed by atoms with Crippen LogP contribution in [0.1, 0.15) is 22.3 Å². The van der Waals surface area contributed by atoms with Crippen molar-refractivity contribution in [2.45, 2.75) is 20.1 Å². The lowest BCUT2D eigenvalue weighted by atomic mass is 10.1. The van der Waals surface area contributed by atoms with Gasteiger partial charge in [0.2, 0.25) is 0 Å². The van der Waals surface area contributed by atoms with Crippen LogP contribution >= 0.6 is 43.6 Å². The van der Waals surface area contributed by atoms with Gasteiger partial charge in [0.25, 0.3) is 11.1 Å². The van der Waals surface area contributed by atoms with Gasteiger partial charge in [0.15, 0.2) is 0 Å². The van der Waals surface area contributed by atoms with Gasteiger partial charge in [-0.2, -0.15) is 0 Å². The van der Waals surface area contributed by atoms with Crippen LogP contribution in [0.4, 0.5) is 4.79 Å². The van der Waals surface area contributed by atoms with Gasteiger partial charge in [-0.1, -0.05) is 64.0 Å². The van der Waals surface area contributed by atoms with Crippen molar-refractivity contribution in [2.24, 2.45) is 0 Å². The predicted molar refractivity (Wildman–Crippen MR) is 135 cm³/mol. The zero-order chi connectivity index (χ0) is 22.7. The average molecular weight is 573 g/mol. The van der Waals surface area contributed by atoms with Crippen molar-refractivity contribution in [3.8, 4) is 5.75 Å². The van der Waals surface area contributed by atoms with Gasteiger partial charge in [0, 0.05) is 4.47 Å². The first-order chi connectivity index (χ1) is 15.4. The minimum Gasteiger partial charge on any atom is -0.488 e. The molecule has 0 atom stereocenters. The van der Waals surface area contributed by atoms with E-state index in [1.807, 2.05) is 54.6 Å². The molecule has 1 heterocycles. The summed E-state index contributed by atoms with van der Waals surface area (Å²) >= 11 is 7.89. The van der Waals surface area contributed by atoms with Crippen molar-refractivity contribution in [3.05, 3.63) is 103 Å². The van der Waals surface area contributed by atoms with E-state index in [4.69, 9.17) is 4.74 Å². The number of benzene rings is 3. The van der Waals surface area contributed by atoms with Gasteiger partial charge in [0.1, 0.15) is 12.4 Å². The topological polar surface area (TPSA) is 46.6 Å². The molecule has 0 radical (unpaired) electrons. The van der Waals surface area contributed by atoms with E-state index in [0.717, 1.165) is 37.4 Å².